The summed E-state index contributed by atoms with van der Waals surface area (Å²) in [6.45, 7) is 3.93. The van der Waals surface area contributed by atoms with Gasteiger partial charge in [-0.15, -0.1) is 0 Å². The van der Waals surface area contributed by atoms with E-state index in [4.69, 9.17) is 0 Å². The van der Waals surface area contributed by atoms with E-state index in [-0.39, 0.29) is 12.3 Å². The molecule has 1 heterocycles. The number of hydrogen-bond donors (Lipinski definition) is 2. The molecule has 2 atom stereocenters. The number of aliphatic hydroxyl groups is 1. The Bertz CT molecular complexity index is 723. The van der Waals surface area contributed by atoms with Gasteiger partial charge in [0.05, 0.1) is 6.61 Å². The maximum Gasteiger partial charge on any atom is 0.428 e. The van der Waals surface area contributed by atoms with Crippen LogP contribution < -0.4 is 0 Å². The van der Waals surface area contributed by atoms with E-state index >= 15 is 0 Å². The summed E-state index contributed by atoms with van der Waals surface area (Å²) in [6.07, 6.45) is -5.16. The molecule has 0 bridgehead atoms. The lowest BCUT2D eigenvalue weighted by molar-refractivity contribution is -0.268. The summed E-state index contributed by atoms with van der Waals surface area (Å²) in [5.74, 6) is -3.24. The number of benzene rings is 1. The topological polar surface area (TPSA) is 62.3 Å². The number of alkyl halides is 3. The number of H-pyrrole nitrogens is 1. The molecule has 0 saturated heterocycles. The first kappa shape index (κ1) is 17.3. The fourth-order valence-electron chi connectivity index (χ4n) is 2.72. The van der Waals surface area contributed by atoms with Crippen LogP contribution in [-0.2, 0) is 9.53 Å². The maximum atomic E-state index is 13.4. The molecule has 0 aliphatic carbocycles. The first-order valence-corrected chi connectivity index (χ1v) is 7.18. The zero-order chi connectivity index (χ0) is 17.4. The molecule has 0 amide bonds. The molecule has 4 nitrogen and oxygen atoms in total. The monoisotopic (exact) mass is 329 g/mol. The normalized spacial score (nSPS) is 16.1. The van der Waals surface area contributed by atoms with Crippen LogP contribution in [0.2, 0.25) is 0 Å². The van der Waals surface area contributed by atoms with Crippen molar-refractivity contribution in [2.24, 2.45) is 0 Å². The number of ether oxygens (including phenoxy) is 1. The quantitative estimate of drug-likeness (QED) is 0.845. The predicted octanol–water partition coefficient (Wildman–Crippen LogP) is 3.44. The highest BCUT2D eigenvalue weighted by atomic mass is 19.4. The number of halogens is 3. The molecule has 2 aromatic rings. The van der Waals surface area contributed by atoms with Crippen LogP contribution in [-0.4, -0.2) is 34.4 Å². The highest BCUT2D eigenvalue weighted by molar-refractivity contribution is 5.86. The fourth-order valence-corrected chi connectivity index (χ4v) is 2.72. The number of rotatable bonds is 4. The molecule has 126 valence electrons. The summed E-state index contributed by atoms with van der Waals surface area (Å²) < 4.78 is 44.8. The second-order valence-corrected chi connectivity index (χ2v) is 5.42. The van der Waals surface area contributed by atoms with Crippen LogP contribution >= 0.6 is 0 Å². The van der Waals surface area contributed by atoms with Gasteiger partial charge in [-0.05, 0) is 25.5 Å². The number of hydrogen-bond acceptors (Lipinski definition) is 3. The maximum absolute atomic E-state index is 13.4. The molecule has 2 rings (SSSR count). The number of carbonyl (C=O) groups is 1. The molecule has 2 N–H and O–H groups in total. The van der Waals surface area contributed by atoms with Gasteiger partial charge in [-0.1, -0.05) is 25.1 Å². The van der Waals surface area contributed by atoms with Crippen molar-refractivity contribution in [2.75, 3.05) is 6.61 Å². The lowest BCUT2D eigenvalue weighted by Gasteiger charge is -2.33. The van der Waals surface area contributed by atoms with E-state index in [9.17, 15) is 23.1 Å². The van der Waals surface area contributed by atoms with Crippen LogP contribution in [0.15, 0.2) is 24.3 Å². The minimum absolute atomic E-state index is 0.152. The van der Waals surface area contributed by atoms with Gasteiger partial charge in [0.1, 0.15) is 0 Å². The third kappa shape index (κ3) is 2.69. The Labute approximate surface area is 131 Å². The number of aromatic amines is 1. The van der Waals surface area contributed by atoms with E-state index in [2.05, 4.69) is 9.72 Å². The number of esters is 1. The van der Waals surface area contributed by atoms with Gasteiger partial charge >= 0.3 is 12.1 Å². The van der Waals surface area contributed by atoms with Gasteiger partial charge in [0, 0.05) is 22.5 Å². The van der Waals surface area contributed by atoms with Crippen molar-refractivity contribution in [1.29, 1.82) is 0 Å². The Morgan fingerprint density at radius 3 is 2.48 bits per heavy atom. The summed E-state index contributed by atoms with van der Waals surface area (Å²) in [6, 6.07) is 6.98. The zero-order valence-corrected chi connectivity index (χ0v) is 13.0. The fraction of sp³-hybridized carbons (Fsp3) is 0.438. The predicted molar refractivity (Wildman–Crippen MR) is 79.1 cm³/mol. The molecule has 0 aliphatic heterocycles. The molecule has 1 aromatic heterocycles. The van der Waals surface area contributed by atoms with E-state index in [0.29, 0.717) is 11.1 Å². The Morgan fingerprint density at radius 1 is 1.35 bits per heavy atom. The van der Waals surface area contributed by atoms with E-state index in [1.807, 2.05) is 0 Å². The van der Waals surface area contributed by atoms with Crippen LogP contribution in [0.3, 0.4) is 0 Å². The third-order valence-corrected chi connectivity index (χ3v) is 4.08. The summed E-state index contributed by atoms with van der Waals surface area (Å²) in [4.78, 5) is 14.7. The smallest absolute Gasteiger partial charge is 0.428 e. The van der Waals surface area contributed by atoms with Gasteiger partial charge in [0.25, 0.3) is 5.60 Å². The zero-order valence-electron chi connectivity index (χ0n) is 13.0. The molecule has 7 heteroatoms. The number of para-hydroxylation sites is 1. The Morgan fingerprint density at radius 2 is 1.96 bits per heavy atom. The first-order chi connectivity index (χ1) is 10.6. The Hall–Kier alpha value is -2.02. The minimum Gasteiger partial charge on any atom is -0.464 e. The molecular weight excluding hydrogens is 311 g/mol. The SMILES string of the molecule is CCOC(=O)[C@](O)([C@H](C)c1[nH]c2ccccc2c1C)C(F)(F)F. The van der Waals surface area contributed by atoms with Crippen LogP contribution in [0.5, 0.6) is 0 Å². The lowest BCUT2D eigenvalue weighted by atomic mass is 9.84. The van der Waals surface area contributed by atoms with Gasteiger partial charge in [0.2, 0.25) is 0 Å². The summed E-state index contributed by atoms with van der Waals surface area (Å²) >= 11 is 0. The van der Waals surface area contributed by atoms with Gasteiger partial charge in [-0.3, -0.25) is 0 Å². The van der Waals surface area contributed by atoms with Crippen molar-refractivity contribution in [3.05, 3.63) is 35.5 Å². The van der Waals surface area contributed by atoms with Crippen LogP contribution in [0.25, 0.3) is 10.9 Å². The summed E-state index contributed by atoms with van der Waals surface area (Å²) in [7, 11) is 0. The van der Waals surface area contributed by atoms with Crippen molar-refractivity contribution >= 4 is 16.9 Å². The lowest BCUT2D eigenvalue weighted by Crippen LogP contribution is -2.56. The average molecular weight is 329 g/mol. The van der Waals surface area contributed by atoms with E-state index in [1.165, 1.54) is 6.92 Å². The summed E-state index contributed by atoms with van der Waals surface area (Å²) in [5, 5.41) is 10.9. The molecule has 1 aromatic carbocycles. The third-order valence-electron chi connectivity index (χ3n) is 4.08. The molecular formula is C16H18F3NO3. The van der Waals surface area contributed by atoms with Crippen molar-refractivity contribution in [2.45, 2.75) is 38.5 Å². The molecule has 0 saturated carbocycles. The van der Waals surface area contributed by atoms with Gasteiger partial charge in [-0.25, -0.2) is 4.79 Å². The molecule has 23 heavy (non-hydrogen) atoms. The van der Waals surface area contributed by atoms with E-state index in [0.717, 1.165) is 12.3 Å². The number of aryl methyl sites for hydroxylation is 1. The second kappa shape index (κ2) is 5.88. The first-order valence-electron chi connectivity index (χ1n) is 7.18. The van der Waals surface area contributed by atoms with Gasteiger partial charge in [0.15, 0.2) is 0 Å². The Balaban J connectivity index is 2.58. The Kier molecular flexibility index (Phi) is 4.43. The van der Waals surface area contributed by atoms with Crippen molar-refractivity contribution in [1.82, 2.24) is 4.98 Å². The number of carbonyl (C=O) groups excluding carboxylic acids is 1. The van der Waals surface area contributed by atoms with E-state index < -0.39 is 23.7 Å². The average Bonchev–Trinajstić information content (AvgIpc) is 2.82. The van der Waals surface area contributed by atoms with Crippen LogP contribution in [0, 0.1) is 6.92 Å². The largest absolute Gasteiger partial charge is 0.464 e. The van der Waals surface area contributed by atoms with E-state index in [1.54, 1.807) is 31.2 Å². The van der Waals surface area contributed by atoms with Gasteiger partial charge < -0.3 is 14.8 Å². The molecule has 0 aliphatic rings. The summed E-state index contributed by atoms with van der Waals surface area (Å²) in [5.41, 5.74) is -2.27. The second-order valence-electron chi connectivity index (χ2n) is 5.42. The molecule has 0 spiro atoms. The van der Waals surface area contributed by atoms with Crippen molar-refractivity contribution in [3.8, 4) is 0 Å². The van der Waals surface area contributed by atoms with Crippen LogP contribution in [0.4, 0.5) is 13.2 Å². The van der Waals surface area contributed by atoms with Crippen molar-refractivity contribution in [3.63, 3.8) is 0 Å². The number of fused-ring (bicyclic) bond motifs is 1. The molecule has 0 radical (unpaired) electrons. The van der Waals surface area contributed by atoms with Crippen molar-refractivity contribution < 1.29 is 27.8 Å². The molecule has 0 fully saturated rings. The number of nitrogens with one attached hydrogen (secondary N) is 1. The minimum atomic E-state index is -5.16. The van der Waals surface area contributed by atoms with Gasteiger partial charge in [-0.2, -0.15) is 13.2 Å². The highest BCUT2D eigenvalue weighted by Gasteiger charge is 2.64. The number of aromatic nitrogens is 1. The molecule has 0 unspecified atom stereocenters. The van der Waals surface area contributed by atoms with Crippen LogP contribution in [0.1, 0.15) is 31.0 Å². The standard InChI is InChI=1S/C16H18F3NO3/c1-4-23-14(21)15(22,16(17,18)19)10(3)13-9(2)11-7-5-6-8-12(11)20-13/h5-8,10,20,22H,4H2,1-3H3/t10-,15-/m1/s1. The highest BCUT2D eigenvalue weighted by Crippen LogP contribution is 2.43.